The quantitative estimate of drug-likeness (QED) is 0.413. The van der Waals surface area contributed by atoms with Crippen molar-refractivity contribution in [2.24, 2.45) is 0 Å². The number of hydrogen-bond donors (Lipinski definition) is 0. The molecule has 0 bridgehead atoms. The number of hydrogen-bond acceptors (Lipinski definition) is 6. The monoisotopic (exact) mass is 301 g/mol. The molecule has 0 unspecified atom stereocenters. The summed E-state index contributed by atoms with van der Waals surface area (Å²) in [5.41, 5.74) is 1.04. The van der Waals surface area contributed by atoms with E-state index < -0.39 is 11.6 Å². The van der Waals surface area contributed by atoms with Crippen molar-refractivity contribution in [1.82, 2.24) is 4.98 Å². The highest BCUT2D eigenvalue weighted by molar-refractivity contribution is 7.09. The van der Waals surface area contributed by atoms with Crippen LogP contribution >= 0.6 is 11.3 Å². The van der Waals surface area contributed by atoms with Crippen molar-refractivity contribution < 1.29 is 13.9 Å². The Balaban J connectivity index is 1.94. The molecule has 6 heteroatoms. The van der Waals surface area contributed by atoms with Crippen LogP contribution in [-0.4, -0.2) is 11.0 Å². The van der Waals surface area contributed by atoms with Gasteiger partial charge in [0, 0.05) is 22.9 Å². The number of benzene rings is 1. The van der Waals surface area contributed by atoms with Gasteiger partial charge in [-0.1, -0.05) is 0 Å². The van der Waals surface area contributed by atoms with Crippen LogP contribution in [0.25, 0.3) is 11.0 Å². The first-order valence-corrected chi connectivity index (χ1v) is 7.10. The Hall–Kier alpha value is -2.47. The van der Waals surface area contributed by atoms with Gasteiger partial charge >= 0.3 is 11.6 Å². The largest absolute Gasteiger partial charge is 0.423 e. The number of carbonyl (C=O) groups is 1. The molecule has 0 amide bonds. The number of aryl methyl sites for hydroxylation is 2. The lowest BCUT2D eigenvalue weighted by molar-refractivity contribution is 0.0729. The van der Waals surface area contributed by atoms with Crippen LogP contribution in [-0.2, 0) is 0 Å². The van der Waals surface area contributed by atoms with Gasteiger partial charge in [-0.15, -0.1) is 11.3 Å². The first-order chi connectivity index (χ1) is 10.0. The van der Waals surface area contributed by atoms with E-state index in [0.717, 1.165) is 16.0 Å². The molecule has 0 aliphatic carbocycles. The normalized spacial score (nSPS) is 10.8. The molecule has 3 rings (SSSR count). The number of aromatic nitrogens is 1. The number of rotatable bonds is 2. The van der Waals surface area contributed by atoms with E-state index in [4.69, 9.17) is 9.15 Å². The Morgan fingerprint density at radius 1 is 1.29 bits per heavy atom. The number of ether oxygens (including phenoxy) is 1. The number of nitrogens with zero attached hydrogens (tertiary/aromatic N) is 1. The van der Waals surface area contributed by atoms with Gasteiger partial charge in [0.25, 0.3) is 0 Å². The second-order valence-electron chi connectivity index (χ2n) is 4.55. The molecule has 21 heavy (non-hydrogen) atoms. The predicted molar refractivity (Wildman–Crippen MR) is 79.0 cm³/mol. The van der Waals surface area contributed by atoms with E-state index in [1.165, 1.54) is 23.5 Å². The maximum absolute atomic E-state index is 11.9. The Morgan fingerprint density at radius 3 is 2.81 bits per heavy atom. The highest BCUT2D eigenvalue weighted by Gasteiger charge is 2.13. The molecule has 0 radical (unpaired) electrons. The van der Waals surface area contributed by atoms with E-state index in [-0.39, 0.29) is 5.69 Å². The fraction of sp³-hybridized carbons (Fsp3) is 0.133. The second kappa shape index (κ2) is 5.14. The van der Waals surface area contributed by atoms with E-state index in [1.807, 2.05) is 13.8 Å². The fourth-order valence-electron chi connectivity index (χ4n) is 1.99. The first-order valence-electron chi connectivity index (χ1n) is 6.22. The smallest absolute Gasteiger partial charge is 0.363 e. The van der Waals surface area contributed by atoms with Crippen LogP contribution in [0, 0.1) is 13.8 Å². The van der Waals surface area contributed by atoms with Crippen molar-refractivity contribution in [3.05, 3.63) is 56.3 Å². The summed E-state index contributed by atoms with van der Waals surface area (Å²) < 4.78 is 10.4. The van der Waals surface area contributed by atoms with E-state index in [0.29, 0.717) is 11.3 Å². The zero-order chi connectivity index (χ0) is 15.0. The predicted octanol–water partition coefficient (Wildman–Crippen LogP) is 3.09. The van der Waals surface area contributed by atoms with Crippen molar-refractivity contribution >= 4 is 28.3 Å². The molecule has 0 spiro atoms. The molecule has 0 saturated carbocycles. The summed E-state index contributed by atoms with van der Waals surface area (Å²) in [6, 6.07) is 6.36. The number of fused-ring (bicyclic) bond motifs is 1. The van der Waals surface area contributed by atoms with Crippen LogP contribution in [0.5, 0.6) is 5.75 Å². The third-order valence-electron chi connectivity index (χ3n) is 2.96. The molecule has 0 aliphatic rings. The molecule has 0 fully saturated rings. The minimum absolute atomic E-state index is 0.267. The summed E-state index contributed by atoms with van der Waals surface area (Å²) in [6.07, 6.45) is 0. The molecule has 5 nitrogen and oxygen atoms in total. The van der Waals surface area contributed by atoms with E-state index >= 15 is 0 Å². The van der Waals surface area contributed by atoms with E-state index in [2.05, 4.69) is 4.98 Å². The first kappa shape index (κ1) is 13.5. The summed E-state index contributed by atoms with van der Waals surface area (Å²) in [5, 5.41) is 3.24. The maximum Gasteiger partial charge on any atom is 0.363 e. The lowest BCUT2D eigenvalue weighted by Gasteiger charge is -2.04. The third kappa shape index (κ3) is 2.71. The molecule has 0 saturated heterocycles. The van der Waals surface area contributed by atoms with Crippen molar-refractivity contribution in [2.75, 3.05) is 0 Å². The van der Waals surface area contributed by atoms with Gasteiger partial charge in [0.05, 0.1) is 5.01 Å². The van der Waals surface area contributed by atoms with Crippen LogP contribution in [0.4, 0.5) is 0 Å². The third-order valence-corrected chi connectivity index (χ3v) is 3.74. The van der Waals surface area contributed by atoms with Gasteiger partial charge in [0.1, 0.15) is 11.3 Å². The molecule has 0 aliphatic heterocycles. The summed E-state index contributed by atoms with van der Waals surface area (Å²) in [4.78, 5) is 27.4. The van der Waals surface area contributed by atoms with Crippen molar-refractivity contribution in [2.45, 2.75) is 13.8 Å². The molecule has 2 aromatic heterocycles. The van der Waals surface area contributed by atoms with Gasteiger partial charge in [-0.05, 0) is 31.5 Å². The molecule has 0 N–H and O–H groups in total. The highest BCUT2D eigenvalue weighted by Crippen LogP contribution is 2.23. The zero-order valence-electron chi connectivity index (χ0n) is 11.4. The Morgan fingerprint density at radius 2 is 2.10 bits per heavy atom. The van der Waals surface area contributed by atoms with Crippen molar-refractivity contribution in [1.29, 1.82) is 0 Å². The standard InChI is InChI=1S/C15H11NO4S/c1-8-5-14(17)20-13-6-10(3-4-11(8)13)19-15(18)12-7-21-9(2)16-12/h3-7H,1-2H3. The van der Waals surface area contributed by atoms with Crippen LogP contribution in [0.15, 0.2) is 38.9 Å². The minimum Gasteiger partial charge on any atom is -0.423 e. The summed E-state index contributed by atoms with van der Waals surface area (Å²) in [6.45, 7) is 3.64. The SMILES string of the molecule is Cc1nc(C(=O)Oc2ccc3c(C)cc(=O)oc3c2)cs1. The molecular formula is C15H11NO4S. The number of esters is 1. The lowest BCUT2D eigenvalue weighted by Crippen LogP contribution is -2.09. The Bertz CT molecular complexity index is 894. The molecule has 3 aromatic rings. The van der Waals surface area contributed by atoms with Crippen molar-refractivity contribution in [3.63, 3.8) is 0 Å². The van der Waals surface area contributed by atoms with Gasteiger partial charge in [0.15, 0.2) is 5.69 Å². The van der Waals surface area contributed by atoms with Gasteiger partial charge in [-0.2, -0.15) is 0 Å². The highest BCUT2D eigenvalue weighted by atomic mass is 32.1. The lowest BCUT2D eigenvalue weighted by atomic mass is 10.1. The van der Waals surface area contributed by atoms with Crippen LogP contribution in [0.1, 0.15) is 21.1 Å². The van der Waals surface area contributed by atoms with Crippen molar-refractivity contribution in [3.8, 4) is 5.75 Å². The average molecular weight is 301 g/mol. The van der Waals surface area contributed by atoms with Gasteiger partial charge in [0.2, 0.25) is 0 Å². The fourth-order valence-corrected chi connectivity index (χ4v) is 2.57. The van der Waals surface area contributed by atoms with E-state index in [1.54, 1.807) is 17.5 Å². The summed E-state index contributed by atoms with van der Waals surface area (Å²) in [7, 11) is 0. The van der Waals surface area contributed by atoms with Crippen LogP contribution in [0.2, 0.25) is 0 Å². The Kier molecular flexibility index (Phi) is 3.31. The molecular weight excluding hydrogens is 290 g/mol. The van der Waals surface area contributed by atoms with E-state index in [9.17, 15) is 9.59 Å². The van der Waals surface area contributed by atoms with Gasteiger partial charge < -0.3 is 9.15 Å². The molecule has 1 aromatic carbocycles. The number of thiazole rings is 1. The topological polar surface area (TPSA) is 69.4 Å². The molecule has 0 atom stereocenters. The minimum atomic E-state index is -0.534. The summed E-state index contributed by atoms with van der Waals surface area (Å²) in [5.74, 6) is -0.222. The second-order valence-corrected chi connectivity index (χ2v) is 5.61. The molecule has 106 valence electrons. The Labute approximate surface area is 123 Å². The van der Waals surface area contributed by atoms with Crippen LogP contribution in [0.3, 0.4) is 0 Å². The summed E-state index contributed by atoms with van der Waals surface area (Å²) >= 11 is 1.38. The average Bonchev–Trinajstić information content (AvgIpc) is 2.85. The number of carbonyl (C=O) groups excluding carboxylic acids is 1. The van der Waals surface area contributed by atoms with Gasteiger partial charge in [-0.25, -0.2) is 14.6 Å². The maximum atomic E-state index is 11.9. The van der Waals surface area contributed by atoms with Gasteiger partial charge in [-0.3, -0.25) is 0 Å². The molecule has 2 heterocycles. The zero-order valence-corrected chi connectivity index (χ0v) is 12.2. The van der Waals surface area contributed by atoms with Crippen LogP contribution < -0.4 is 10.4 Å².